The van der Waals surface area contributed by atoms with Crippen molar-refractivity contribution in [2.24, 2.45) is 0 Å². The summed E-state index contributed by atoms with van der Waals surface area (Å²) in [5.74, 6) is 0.141. The van der Waals surface area contributed by atoms with E-state index in [1.54, 1.807) is 4.90 Å². The Bertz CT molecular complexity index is 534. The third kappa shape index (κ3) is 3.82. The second kappa shape index (κ2) is 6.72. The van der Waals surface area contributed by atoms with E-state index in [9.17, 15) is 9.59 Å². The number of carbonyl (C=O) groups excluding carboxylic acids is 2. The average molecular weight is 290 g/mol. The Balaban J connectivity index is 1.93. The van der Waals surface area contributed by atoms with Crippen LogP contribution in [0.1, 0.15) is 21.5 Å². The van der Waals surface area contributed by atoms with Crippen LogP contribution in [0.2, 0.25) is 0 Å². The van der Waals surface area contributed by atoms with Crippen molar-refractivity contribution in [3.63, 3.8) is 0 Å². The van der Waals surface area contributed by atoms with Crippen LogP contribution in [0.15, 0.2) is 18.2 Å². The van der Waals surface area contributed by atoms with Crippen LogP contribution >= 0.6 is 0 Å². The number of piperazine rings is 1. The number of nitrogens with zero attached hydrogens (tertiary/aromatic N) is 2. The maximum atomic E-state index is 12.4. The van der Waals surface area contributed by atoms with Crippen LogP contribution in [-0.2, 0) is 4.74 Å². The number of aryl methyl sites for hydroxylation is 2. The Morgan fingerprint density at radius 2 is 1.81 bits per heavy atom. The number of Topliss-reactive ketones (excluding diaryl/α,β-unsaturated/α-hetero) is 1. The van der Waals surface area contributed by atoms with Crippen molar-refractivity contribution >= 4 is 11.9 Å². The number of rotatable bonds is 3. The molecule has 5 nitrogen and oxygen atoms in total. The Morgan fingerprint density at radius 3 is 2.43 bits per heavy atom. The molecule has 0 radical (unpaired) electrons. The molecule has 1 fully saturated rings. The largest absolute Gasteiger partial charge is 0.453 e. The number of carbonyl (C=O) groups is 2. The van der Waals surface area contributed by atoms with Crippen LogP contribution in [0.5, 0.6) is 0 Å². The van der Waals surface area contributed by atoms with Gasteiger partial charge in [-0.15, -0.1) is 0 Å². The first kappa shape index (κ1) is 15.5. The highest BCUT2D eigenvalue weighted by Gasteiger charge is 2.23. The van der Waals surface area contributed by atoms with Gasteiger partial charge in [0.1, 0.15) is 0 Å². The van der Waals surface area contributed by atoms with Crippen LogP contribution in [0.25, 0.3) is 0 Å². The first-order valence-electron chi connectivity index (χ1n) is 7.17. The van der Waals surface area contributed by atoms with Gasteiger partial charge in [0.2, 0.25) is 0 Å². The van der Waals surface area contributed by atoms with Gasteiger partial charge >= 0.3 is 6.09 Å². The molecule has 1 aromatic carbocycles. The molecule has 1 saturated heterocycles. The zero-order valence-corrected chi connectivity index (χ0v) is 12.9. The summed E-state index contributed by atoms with van der Waals surface area (Å²) in [6.45, 7) is 6.96. The zero-order valence-electron chi connectivity index (χ0n) is 12.9. The summed E-state index contributed by atoms with van der Waals surface area (Å²) in [4.78, 5) is 27.6. The average Bonchev–Trinajstić information content (AvgIpc) is 2.49. The molecular formula is C16H22N2O3. The summed E-state index contributed by atoms with van der Waals surface area (Å²) in [6, 6.07) is 5.95. The van der Waals surface area contributed by atoms with Gasteiger partial charge < -0.3 is 9.64 Å². The number of hydrogen-bond donors (Lipinski definition) is 0. The van der Waals surface area contributed by atoms with E-state index in [0.717, 1.165) is 16.7 Å². The van der Waals surface area contributed by atoms with Gasteiger partial charge in [-0.05, 0) is 25.5 Å². The second-order valence-corrected chi connectivity index (χ2v) is 5.47. The van der Waals surface area contributed by atoms with Gasteiger partial charge in [-0.3, -0.25) is 9.69 Å². The third-order valence-electron chi connectivity index (χ3n) is 3.87. The van der Waals surface area contributed by atoms with Crippen molar-refractivity contribution < 1.29 is 14.3 Å². The molecule has 1 aromatic rings. The number of benzene rings is 1. The fourth-order valence-corrected chi connectivity index (χ4v) is 2.54. The van der Waals surface area contributed by atoms with Gasteiger partial charge in [0.25, 0.3) is 0 Å². The lowest BCUT2D eigenvalue weighted by Gasteiger charge is -2.33. The first-order chi connectivity index (χ1) is 10.0. The maximum absolute atomic E-state index is 12.4. The van der Waals surface area contributed by atoms with Crippen molar-refractivity contribution in [2.75, 3.05) is 39.8 Å². The highest BCUT2D eigenvalue weighted by Crippen LogP contribution is 2.13. The molecule has 0 N–H and O–H groups in total. The van der Waals surface area contributed by atoms with Gasteiger partial charge in [0.05, 0.1) is 13.7 Å². The highest BCUT2D eigenvalue weighted by molar-refractivity contribution is 5.99. The topological polar surface area (TPSA) is 49.9 Å². The lowest BCUT2D eigenvalue weighted by molar-refractivity contribution is 0.0790. The minimum absolute atomic E-state index is 0.141. The molecule has 0 unspecified atom stereocenters. The molecule has 2 rings (SSSR count). The second-order valence-electron chi connectivity index (χ2n) is 5.47. The smallest absolute Gasteiger partial charge is 0.409 e. The molecular weight excluding hydrogens is 268 g/mol. The summed E-state index contributed by atoms with van der Waals surface area (Å²) in [7, 11) is 1.39. The van der Waals surface area contributed by atoms with Gasteiger partial charge in [0.15, 0.2) is 5.78 Å². The Hall–Kier alpha value is -1.88. The van der Waals surface area contributed by atoms with Crippen LogP contribution in [0, 0.1) is 13.8 Å². The molecule has 0 atom stereocenters. The van der Waals surface area contributed by atoms with E-state index in [4.69, 9.17) is 4.74 Å². The van der Waals surface area contributed by atoms with E-state index >= 15 is 0 Å². The number of methoxy groups -OCH3 is 1. The minimum Gasteiger partial charge on any atom is -0.453 e. The third-order valence-corrected chi connectivity index (χ3v) is 3.87. The predicted molar refractivity (Wildman–Crippen MR) is 80.7 cm³/mol. The molecule has 114 valence electrons. The highest BCUT2D eigenvalue weighted by atomic mass is 16.5. The van der Waals surface area contributed by atoms with Crippen LogP contribution in [0.4, 0.5) is 4.79 Å². The Kier molecular flexibility index (Phi) is 4.96. The molecule has 0 bridgehead atoms. The molecule has 1 aliphatic rings. The molecule has 1 heterocycles. The molecule has 1 amide bonds. The summed E-state index contributed by atoms with van der Waals surface area (Å²) >= 11 is 0. The van der Waals surface area contributed by atoms with Crippen molar-refractivity contribution in [2.45, 2.75) is 13.8 Å². The molecule has 0 spiro atoms. The number of ketones is 1. The summed E-state index contributed by atoms with van der Waals surface area (Å²) in [6.07, 6.45) is -0.296. The fourth-order valence-electron chi connectivity index (χ4n) is 2.54. The van der Waals surface area contributed by atoms with Crippen LogP contribution in [-0.4, -0.2) is 61.5 Å². The van der Waals surface area contributed by atoms with Crippen LogP contribution in [0.3, 0.4) is 0 Å². The predicted octanol–water partition coefficient (Wildman–Crippen LogP) is 1.87. The molecule has 1 aliphatic heterocycles. The first-order valence-corrected chi connectivity index (χ1v) is 7.17. The van der Waals surface area contributed by atoms with Crippen molar-refractivity contribution in [1.82, 2.24) is 9.80 Å². The van der Waals surface area contributed by atoms with E-state index in [1.807, 2.05) is 32.0 Å². The molecule has 0 aliphatic carbocycles. The normalized spacial score (nSPS) is 15.9. The monoisotopic (exact) mass is 290 g/mol. The summed E-state index contributed by atoms with van der Waals surface area (Å²) < 4.78 is 4.71. The van der Waals surface area contributed by atoms with Crippen LogP contribution < -0.4 is 0 Å². The molecule has 21 heavy (non-hydrogen) atoms. The number of hydrogen-bond acceptors (Lipinski definition) is 4. The SMILES string of the molecule is COC(=O)N1CCN(CC(=O)c2cc(C)ccc2C)CC1. The van der Waals surface area contributed by atoms with E-state index in [2.05, 4.69) is 4.90 Å². The van der Waals surface area contributed by atoms with Gasteiger partial charge in [-0.2, -0.15) is 0 Å². The fraction of sp³-hybridized carbons (Fsp3) is 0.500. The molecule has 5 heteroatoms. The lowest BCUT2D eigenvalue weighted by atomic mass is 10.0. The van der Waals surface area contributed by atoms with Crippen molar-refractivity contribution in [1.29, 1.82) is 0 Å². The van der Waals surface area contributed by atoms with E-state index in [1.165, 1.54) is 7.11 Å². The minimum atomic E-state index is -0.296. The van der Waals surface area contributed by atoms with Gasteiger partial charge in [-0.1, -0.05) is 17.7 Å². The quantitative estimate of drug-likeness (QED) is 0.797. The van der Waals surface area contributed by atoms with Gasteiger partial charge in [-0.25, -0.2) is 4.79 Å². The zero-order chi connectivity index (χ0) is 15.4. The lowest BCUT2D eigenvalue weighted by Crippen LogP contribution is -2.49. The van der Waals surface area contributed by atoms with Crippen molar-refractivity contribution in [3.05, 3.63) is 34.9 Å². The van der Waals surface area contributed by atoms with Crippen molar-refractivity contribution in [3.8, 4) is 0 Å². The van der Waals surface area contributed by atoms with Gasteiger partial charge in [0, 0.05) is 31.7 Å². The number of amides is 1. The Morgan fingerprint density at radius 1 is 1.14 bits per heavy atom. The summed E-state index contributed by atoms with van der Waals surface area (Å²) in [5, 5.41) is 0. The standard InChI is InChI=1S/C16H22N2O3/c1-12-4-5-13(2)14(10-12)15(19)11-17-6-8-18(9-7-17)16(20)21-3/h4-5,10H,6-9,11H2,1-3H3. The molecule has 0 saturated carbocycles. The summed E-state index contributed by atoms with van der Waals surface area (Å²) in [5.41, 5.74) is 2.91. The maximum Gasteiger partial charge on any atom is 0.409 e. The van der Waals surface area contributed by atoms with E-state index in [0.29, 0.717) is 32.7 Å². The van der Waals surface area contributed by atoms with E-state index in [-0.39, 0.29) is 11.9 Å². The van der Waals surface area contributed by atoms with E-state index < -0.39 is 0 Å². The Labute approximate surface area is 125 Å². The molecule has 0 aromatic heterocycles. The number of ether oxygens (including phenoxy) is 1.